The van der Waals surface area contributed by atoms with E-state index < -0.39 is 11.5 Å². The number of hydrogen-bond donors (Lipinski definition) is 2. The third-order valence-corrected chi connectivity index (χ3v) is 4.82. The van der Waals surface area contributed by atoms with Gasteiger partial charge in [0.15, 0.2) is 5.60 Å². The van der Waals surface area contributed by atoms with Gasteiger partial charge in [0.1, 0.15) is 5.75 Å². The predicted octanol–water partition coefficient (Wildman–Crippen LogP) is 1.26. The molecule has 2 aliphatic heterocycles. The Hall–Kier alpha value is -1.79. The molecule has 0 saturated carbocycles. The molecule has 130 valence electrons. The Kier molecular flexibility index (Phi) is 4.69. The zero-order valence-corrected chi connectivity index (χ0v) is 14.4. The normalized spacial score (nSPS) is 22.7. The Balaban J connectivity index is 1.69. The number of piperidine rings is 1. The maximum atomic E-state index is 12.5. The van der Waals surface area contributed by atoms with Gasteiger partial charge in [0.2, 0.25) is 5.91 Å². The van der Waals surface area contributed by atoms with Gasteiger partial charge in [0.05, 0.1) is 13.2 Å². The van der Waals surface area contributed by atoms with Crippen LogP contribution in [0.1, 0.15) is 30.9 Å². The van der Waals surface area contributed by atoms with Gasteiger partial charge in [-0.05, 0) is 30.5 Å². The van der Waals surface area contributed by atoms with Crippen LogP contribution >= 0.6 is 11.6 Å². The highest BCUT2D eigenvalue weighted by Crippen LogP contribution is 2.33. The Bertz CT molecular complexity index is 679. The summed E-state index contributed by atoms with van der Waals surface area (Å²) in [7, 11) is 0. The SMILES string of the molecule is CC(=O)N1CCC[C@](O)(C(=O)NCc2cc(Cl)cc3c2OCC3)C1. The van der Waals surface area contributed by atoms with Crippen molar-refractivity contribution in [3.8, 4) is 5.75 Å². The quantitative estimate of drug-likeness (QED) is 0.858. The first kappa shape index (κ1) is 17.0. The fraction of sp³-hybridized carbons (Fsp3) is 0.529. The molecule has 0 unspecified atom stereocenters. The van der Waals surface area contributed by atoms with Crippen molar-refractivity contribution in [3.05, 3.63) is 28.3 Å². The zero-order valence-electron chi connectivity index (χ0n) is 13.6. The molecule has 24 heavy (non-hydrogen) atoms. The van der Waals surface area contributed by atoms with E-state index in [9.17, 15) is 14.7 Å². The Morgan fingerprint density at radius 3 is 3.00 bits per heavy atom. The van der Waals surface area contributed by atoms with Crippen LogP contribution in [0.4, 0.5) is 0 Å². The monoisotopic (exact) mass is 352 g/mol. The molecule has 1 atom stereocenters. The summed E-state index contributed by atoms with van der Waals surface area (Å²) < 4.78 is 5.61. The lowest BCUT2D eigenvalue weighted by Gasteiger charge is -2.37. The van der Waals surface area contributed by atoms with Crippen molar-refractivity contribution in [2.24, 2.45) is 0 Å². The highest BCUT2D eigenvalue weighted by atomic mass is 35.5. The molecule has 0 aromatic heterocycles. The van der Waals surface area contributed by atoms with Gasteiger partial charge in [-0.2, -0.15) is 0 Å². The van der Waals surface area contributed by atoms with Crippen LogP contribution in [0.5, 0.6) is 5.75 Å². The molecule has 1 aromatic carbocycles. The lowest BCUT2D eigenvalue weighted by molar-refractivity contribution is -0.150. The number of likely N-dealkylation sites (tertiary alicyclic amines) is 1. The summed E-state index contributed by atoms with van der Waals surface area (Å²) in [5, 5.41) is 14.0. The van der Waals surface area contributed by atoms with E-state index in [-0.39, 0.29) is 19.0 Å². The number of carbonyl (C=O) groups excluding carboxylic acids is 2. The summed E-state index contributed by atoms with van der Waals surface area (Å²) in [4.78, 5) is 25.5. The number of halogens is 1. The Labute approximate surface area is 145 Å². The number of nitrogens with zero attached hydrogens (tertiary/aromatic N) is 1. The van der Waals surface area contributed by atoms with Crippen LogP contribution in [0.2, 0.25) is 5.02 Å². The van der Waals surface area contributed by atoms with Gasteiger partial charge in [0.25, 0.3) is 5.91 Å². The first-order valence-corrected chi connectivity index (χ1v) is 8.47. The smallest absolute Gasteiger partial charge is 0.254 e. The van der Waals surface area contributed by atoms with Gasteiger partial charge < -0.3 is 20.1 Å². The lowest BCUT2D eigenvalue weighted by atomic mass is 9.91. The van der Waals surface area contributed by atoms with Crippen molar-refractivity contribution in [2.75, 3.05) is 19.7 Å². The highest BCUT2D eigenvalue weighted by molar-refractivity contribution is 6.30. The van der Waals surface area contributed by atoms with Gasteiger partial charge in [-0.15, -0.1) is 0 Å². The van der Waals surface area contributed by atoms with Crippen LogP contribution < -0.4 is 10.1 Å². The van der Waals surface area contributed by atoms with Crippen molar-refractivity contribution in [1.82, 2.24) is 10.2 Å². The first-order valence-electron chi connectivity index (χ1n) is 8.09. The van der Waals surface area contributed by atoms with Crippen molar-refractivity contribution < 1.29 is 19.4 Å². The molecule has 0 aliphatic carbocycles. The number of aliphatic hydroxyl groups is 1. The topological polar surface area (TPSA) is 78.9 Å². The second kappa shape index (κ2) is 6.61. The lowest BCUT2D eigenvalue weighted by Crippen LogP contribution is -2.57. The molecule has 2 N–H and O–H groups in total. The van der Waals surface area contributed by atoms with Gasteiger partial charge in [0, 0.05) is 37.0 Å². The van der Waals surface area contributed by atoms with Crippen LogP contribution in [-0.4, -0.2) is 47.1 Å². The van der Waals surface area contributed by atoms with Crippen LogP contribution in [0, 0.1) is 0 Å². The standard InChI is InChI=1S/C17H21ClN2O4/c1-11(21)20-5-2-4-17(23,10-20)16(22)19-9-13-8-14(18)7-12-3-6-24-15(12)13/h7-8,23H,2-6,9-10H2,1H3,(H,19,22)/t17-/m1/s1. The number of carbonyl (C=O) groups is 2. The molecule has 2 amide bonds. The molecule has 3 rings (SSSR count). The van der Waals surface area contributed by atoms with E-state index in [1.807, 2.05) is 6.07 Å². The minimum Gasteiger partial charge on any atom is -0.493 e. The number of benzene rings is 1. The molecule has 1 fully saturated rings. The summed E-state index contributed by atoms with van der Waals surface area (Å²) in [6.45, 7) is 2.87. The third-order valence-electron chi connectivity index (χ3n) is 4.60. The maximum Gasteiger partial charge on any atom is 0.254 e. The number of rotatable bonds is 3. The molecule has 0 radical (unpaired) electrons. The molecule has 1 saturated heterocycles. The molecule has 1 aromatic rings. The zero-order chi connectivity index (χ0) is 17.3. The van der Waals surface area contributed by atoms with Crippen molar-refractivity contribution in [2.45, 2.75) is 38.3 Å². The van der Waals surface area contributed by atoms with Gasteiger partial charge >= 0.3 is 0 Å². The Morgan fingerprint density at radius 2 is 2.25 bits per heavy atom. The van der Waals surface area contributed by atoms with E-state index in [0.29, 0.717) is 31.0 Å². The van der Waals surface area contributed by atoms with Gasteiger partial charge in [-0.3, -0.25) is 9.59 Å². The summed E-state index contributed by atoms with van der Waals surface area (Å²) in [6, 6.07) is 3.63. The summed E-state index contributed by atoms with van der Waals surface area (Å²) in [5.41, 5.74) is 0.282. The molecular formula is C17H21ClN2O4. The number of nitrogens with one attached hydrogen (secondary N) is 1. The van der Waals surface area contributed by atoms with E-state index in [4.69, 9.17) is 16.3 Å². The molecule has 0 spiro atoms. The van der Waals surface area contributed by atoms with Crippen LogP contribution in [0.15, 0.2) is 12.1 Å². The molecule has 2 aliphatic rings. The average molecular weight is 353 g/mol. The maximum absolute atomic E-state index is 12.5. The molecular weight excluding hydrogens is 332 g/mol. The van der Waals surface area contributed by atoms with Gasteiger partial charge in [-0.1, -0.05) is 11.6 Å². The second-order valence-corrected chi connectivity index (χ2v) is 6.85. The van der Waals surface area contributed by atoms with E-state index in [2.05, 4.69) is 5.32 Å². The summed E-state index contributed by atoms with van der Waals surface area (Å²) >= 11 is 6.11. The number of fused-ring (bicyclic) bond motifs is 1. The van der Waals surface area contributed by atoms with Crippen molar-refractivity contribution in [3.63, 3.8) is 0 Å². The average Bonchev–Trinajstić information content (AvgIpc) is 3.00. The van der Waals surface area contributed by atoms with E-state index in [1.165, 1.54) is 11.8 Å². The van der Waals surface area contributed by atoms with E-state index in [0.717, 1.165) is 23.3 Å². The van der Waals surface area contributed by atoms with Crippen LogP contribution in [0.3, 0.4) is 0 Å². The van der Waals surface area contributed by atoms with Crippen LogP contribution in [0.25, 0.3) is 0 Å². The minimum absolute atomic E-state index is 0.0261. The largest absolute Gasteiger partial charge is 0.493 e. The molecule has 2 heterocycles. The fourth-order valence-electron chi connectivity index (χ4n) is 3.31. The first-order chi connectivity index (χ1) is 11.4. The van der Waals surface area contributed by atoms with E-state index >= 15 is 0 Å². The number of hydrogen-bond acceptors (Lipinski definition) is 4. The number of amides is 2. The van der Waals surface area contributed by atoms with Gasteiger partial charge in [-0.25, -0.2) is 0 Å². The summed E-state index contributed by atoms with van der Waals surface area (Å²) in [6.07, 6.45) is 1.74. The number of β-amino-alcohol motifs (C(OH)–C–C–N with tert-alkyl or cyclic N) is 1. The summed E-state index contributed by atoms with van der Waals surface area (Å²) in [5.74, 6) is 0.155. The fourth-order valence-corrected chi connectivity index (χ4v) is 3.57. The van der Waals surface area contributed by atoms with Crippen molar-refractivity contribution >= 4 is 23.4 Å². The molecule has 7 heteroatoms. The third kappa shape index (κ3) is 3.35. The van der Waals surface area contributed by atoms with Crippen LogP contribution in [-0.2, 0) is 22.6 Å². The Morgan fingerprint density at radius 1 is 1.46 bits per heavy atom. The molecule has 6 nitrogen and oxygen atoms in total. The second-order valence-electron chi connectivity index (χ2n) is 6.41. The minimum atomic E-state index is -1.55. The molecule has 0 bridgehead atoms. The number of ether oxygens (including phenoxy) is 1. The van der Waals surface area contributed by atoms with E-state index in [1.54, 1.807) is 6.07 Å². The highest BCUT2D eigenvalue weighted by Gasteiger charge is 2.41. The van der Waals surface area contributed by atoms with Crippen molar-refractivity contribution in [1.29, 1.82) is 0 Å². The predicted molar refractivity (Wildman–Crippen MR) is 88.9 cm³/mol.